The van der Waals surface area contributed by atoms with Gasteiger partial charge < -0.3 is 4.65 Å². The summed E-state index contributed by atoms with van der Waals surface area (Å²) in [5.41, 5.74) is 3.33. The first-order valence-corrected chi connectivity index (χ1v) is 4.20. The molecule has 0 fully saturated rings. The zero-order valence-corrected chi connectivity index (χ0v) is 7.36. The number of hydrogen-bond donors (Lipinski definition) is 0. The minimum atomic E-state index is -0.174. The van der Waals surface area contributed by atoms with Crippen LogP contribution in [0.5, 0.6) is 0 Å². The maximum absolute atomic E-state index is 10.1. The summed E-state index contributed by atoms with van der Waals surface area (Å²) in [6, 6.07) is 5.96. The highest BCUT2D eigenvalue weighted by atomic mass is 16.4. The van der Waals surface area contributed by atoms with E-state index in [2.05, 4.69) is 5.18 Å². The lowest BCUT2D eigenvalue weighted by Gasteiger charge is -2.07. The lowest BCUT2D eigenvalue weighted by atomic mass is 9.83. The smallest absolute Gasteiger partial charge is 0.331 e. The van der Waals surface area contributed by atoms with Crippen molar-refractivity contribution in [3.8, 4) is 0 Å². The Hall–Kier alpha value is -1.16. The number of nitroso groups, excluding NO2 is 1. The van der Waals surface area contributed by atoms with Crippen molar-refractivity contribution >= 4 is 12.9 Å². The average Bonchev–Trinajstić information content (AvgIpc) is 2.51. The van der Waals surface area contributed by atoms with Gasteiger partial charge in [0, 0.05) is 0 Å². The molecule has 1 aromatic rings. The summed E-state index contributed by atoms with van der Waals surface area (Å²) in [6.45, 7) is 2.21. The van der Waals surface area contributed by atoms with Crippen molar-refractivity contribution in [3.63, 3.8) is 0 Å². The van der Waals surface area contributed by atoms with Crippen LogP contribution < -0.4 is 5.46 Å². The molecule has 4 heteroatoms. The van der Waals surface area contributed by atoms with E-state index in [0.717, 1.165) is 11.0 Å². The van der Waals surface area contributed by atoms with Gasteiger partial charge >= 0.3 is 7.48 Å². The Balaban J connectivity index is 2.37. The summed E-state index contributed by atoms with van der Waals surface area (Å²) in [7, 11) is 1.71. The molecular weight excluding hydrogens is 165 g/mol. The maximum Gasteiger partial charge on any atom is 0.331 e. The highest BCUT2D eigenvalue weighted by Gasteiger charge is 2.25. The highest BCUT2D eigenvalue weighted by molar-refractivity contribution is 6.49. The molecule has 1 aliphatic heterocycles. The summed E-state index contributed by atoms with van der Waals surface area (Å²) in [6.07, 6.45) is -0.174. The highest BCUT2D eigenvalue weighted by Crippen LogP contribution is 2.21. The number of fused-ring (bicyclic) bond motifs is 1. The molecule has 1 radical (unpaired) electrons. The van der Waals surface area contributed by atoms with Crippen LogP contribution in [0, 0.1) is 11.8 Å². The Morgan fingerprint density at radius 2 is 2.46 bits per heavy atom. The third-order valence-electron chi connectivity index (χ3n) is 2.30. The third-order valence-corrected chi connectivity index (χ3v) is 2.30. The summed E-state index contributed by atoms with van der Waals surface area (Å²) in [5, 5.41) is 2.85. The quantitative estimate of drug-likeness (QED) is 0.496. The topological polar surface area (TPSA) is 38.7 Å². The molecule has 0 amide bonds. The van der Waals surface area contributed by atoms with E-state index in [9.17, 15) is 4.91 Å². The fraction of sp³-hybridized carbons (Fsp3) is 0.333. The summed E-state index contributed by atoms with van der Waals surface area (Å²) in [5.74, 6) is 0. The number of nitrogens with zero attached hydrogens (tertiary/aromatic N) is 1. The monoisotopic (exact) mass is 174 g/mol. The SMILES string of the molecule is Cc1cccc2c1[B]OC2CN=O. The van der Waals surface area contributed by atoms with Crippen molar-refractivity contribution in [1.82, 2.24) is 0 Å². The van der Waals surface area contributed by atoms with E-state index in [4.69, 9.17) is 4.65 Å². The van der Waals surface area contributed by atoms with Gasteiger partial charge in [-0.05, 0) is 17.9 Å². The molecule has 1 aromatic carbocycles. The van der Waals surface area contributed by atoms with Gasteiger partial charge in [-0.15, -0.1) is 0 Å². The van der Waals surface area contributed by atoms with Gasteiger partial charge in [-0.1, -0.05) is 28.9 Å². The van der Waals surface area contributed by atoms with Crippen LogP contribution in [0.1, 0.15) is 17.2 Å². The van der Waals surface area contributed by atoms with Gasteiger partial charge in [-0.2, -0.15) is 4.91 Å². The lowest BCUT2D eigenvalue weighted by Crippen LogP contribution is -2.14. The Morgan fingerprint density at radius 3 is 3.23 bits per heavy atom. The first-order chi connectivity index (χ1) is 6.33. The predicted molar refractivity (Wildman–Crippen MR) is 51.1 cm³/mol. The molecule has 1 unspecified atom stereocenters. The predicted octanol–water partition coefficient (Wildman–Crippen LogP) is 1.08. The van der Waals surface area contributed by atoms with Crippen molar-refractivity contribution in [2.45, 2.75) is 13.0 Å². The molecule has 2 rings (SSSR count). The molecule has 1 heterocycles. The van der Waals surface area contributed by atoms with Crippen LogP contribution in [-0.4, -0.2) is 14.0 Å². The molecule has 0 aromatic heterocycles. The molecular formula is C9H9BNO2. The Morgan fingerprint density at radius 1 is 1.62 bits per heavy atom. The third kappa shape index (κ3) is 1.37. The van der Waals surface area contributed by atoms with Crippen LogP contribution in [-0.2, 0) is 4.65 Å². The molecule has 0 N–H and O–H groups in total. The van der Waals surface area contributed by atoms with Crippen LogP contribution in [0.3, 0.4) is 0 Å². The van der Waals surface area contributed by atoms with Crippen molar-refractivity contribution in [2.75, 3.05) is 6.54 Å². The van der Waals surface area contributed by atoms with Gasteiger partial charge in [0.15, 0.2) is 0 Å². The van der Waals surface area contributed by atoms with Crippen LogP contribution in [0.25, 0.3) is 0 Å². The van der Waals surface area contributed by atoms with Crippen LogP contribution in [0.15, 0.2) is 23.4 Å². The number of hydrogen-bond acceptors (Lipinski definition) is 3. The average molecular weight is 174 g/mol. The zero-order chi connectivity index (χ0) is 9.26. The minimum Gasteiger partial charge on any atom is -0.426 e. The number of rotatable bonds is 2. The van der Waals surface area contributed by atoms with Gasteiger partial charge in [0.05, 0.1) is 6.10 Å². The Kier molecular flexibility index (Phi) is 2.14. The van der Waals surface area contributed by atoms with E-state index in [1.54, 1.807) is 7.48 Å². The van der Waals surface area contributed by atoms with E-state index in [1.165, 1.54) is 5.56 Å². The van der Waals surface area contributed by atoms with Crippen molar-refractivity contribution < 1.29 is 4.65 Å². The van der Waals surface area contributed by atoms with Gasteiger partial charge in [-0.3, -0.25) is 0 Å². The van der Waals surface area contributed by atoms with E-state index in [-0.39, 0.29) is 12.6 Å². The van der Waals surface area contributed by atoms with E-state index >= 15 is 0 Å². The fourth-order valence-corrected chi connectivity index (χ4v) is 1.58. The molecule has 1 atom stereocenters. The van der Waals surface area contributed by atoms with Gasteiger partial charge in [0.2, 0.25) is 0 Å². The first-order valence-electron chi connectivity index (χ1n) is 4.20. The number of aryl methyl sites for hydroxylation is 1. The van der Waals surface area contributed by atoms with E-state index in [0.29, 0.717) is 0 Å². The van der Waals surface area contributed by atoms with Crippen molar-refractivity contribution in [1.29, 1.82) is 0 Å². The summed E-state index contributed by atoms with van der Waals surface area (Å²) < 4.78 is 5.33. The summed E-state index contributed by atoms with van der Waals surface area (Å²) >= 11 is 0. The maximum atomic E-state index is 10.1. The van der Waals surface area contributed by atoms with Gasteiger partial charge in [0.1, 0.15) is 6.54 Å². The fourth-order valence-electron chi connectivity index (χ4n) is 1.58. The standard InChI is InChI=1S/C9H9BNO2/c1-6-3-2-4-7-8(5-11-12)13-10-9(6)7/h2-4,8H,5H2,1H3. The van der Waals surface area contributed by atoms with Crippen LogP contribution in [0.4, 0.5) is 0 Å². The van der Waals surface area contributed by atoms with E-state index in [1.807, 2.05) is 25.1 Å². The lowest BCUT2D eigenvalue weighted by molar-refractivity contribution is 0.244. The molecule has 0 saturated carbocycles. The normalized spacial score (nSPS) is 19.3. The zero-order valence-electron chi connectivity index (χ0n) is 7.36. The molecule has 3 nitrogen and oxygen atoms in total. The second kappa shape index (κ2) is 3.30. The van der Waals surface area contributed by atoms with Crippen molar-refractivity contribution in [3.05, 3.63) is 34.2 Å². The number of benzene rings is 1. The van der Waals surface area contributed by atoms with Gasteiger partial charge in [-0.25, -0.2) is 0 Å². The van der Waals surface area contributed by atoms with Gasteiger partial charge in [0.25, 0.3) is 0 Å². The molecule has 0 saturated heterocycles. The van der Waals surface area contributed by atoms with Crippen LogP contribution >= 0.6 is 0 Å². The summed E-state index contributed by atoms with van der Waals surface area (Å²) in [4.78, 5) is 10.1. The second-order valence-electron chi connectivity index (χ2n) is 3.13. The molecule has 65 valence electrons. The largest absolute Gasteiger partial charge is 0.426 e. The first kappa shape index (κ1) is 8.44. The molecule has 0 bridgehead atoms. The molecule has 1 aliphatic rings. The minimum absolute atomic E-state index is 0.174. The van der Waals surface area contributed by atoms with Crippen LogP contribution in [0.2, 0.25) is 0 Å². The van der Waals surface area contributed by atoms with E-state index < -0.39 is 0 Å². The Labute approximate surface area is 77.4 Å². The van der Waals surface area contributed by atoms with Crippen molar-refractivity contribution in [2.24, 2.45) is 5.18 Å². The molecule has 0 spiro atoms. The second-order valence-corrected chi connectivity index (χ2v) is 3.13. The molecule has 0 aliphatic carbocycles. The molecule has 13 heavy (non-hydrogen) atoms. The Bertz CT molecular complexity index is 340.